The van der Waals surface area contributed by atoms with E-state index in [4.69, 9.17) is 5.11 Å². The van der Waals surface area contributed by atoms with Gasteiger partial charge < -0.3 is 14.9 Å². The molecule has 1 atom stereocenters. The molecular formula is C38H50N2O2. The van der Waals surface area contributed by atoms with Gasteiger partial charge in [0.05, 0.1) is 6.26 Å². The normalized spacial score (nSPS) is 18.5. The lowest BCUT2D eigenvalue weighted by Gasteiger charge is -2.37. The maximum atomic E-state index is 13.7. The zero-order valence-corrected chi connectivity index (χ0v) is 26.0. The summed E-state index contributed by atoms with van der Waals surface area (Å²) in [5.74, 6) is 0.196. The van der Waals surface area contributed by atoms with Crippen LogP contribution in [0.3, 0.4) is 0 Å². The molecule has 2 aromatic carbocycles. The summed E-state index contributed by atoms with van der Waals surface area (Å²) in [5, 5.41) is 7.33. The van der Waals surface area contributed by atoms with Gasteiger partial charge in [0.25, 0.3) is 5.91 Å². The minimum Gasteiger partial charge on any atom is -0.516 e. The van der Waals surface area contributed by atoms with Crippen LogP contribution in [0.1, 0.15) is 86.7 Å². The first-order valence-corrected chi connectivity index (χ1v) is 15.6. The molecule has 5 rings (SSSR count). The third-order valence-corrected chi connectivity index (χ3v) is 7.88. The van der Waals surface area contributed by atoms with Crippen molar-refractivity contribution >= 4 is 5.91 Å². The predicted octanol–water partition coefficient (Wildman–Crippen LogP) is 9.34. The van der Waals surface area contributed by atoms with Gasteiger partial charge in [0, 0.05) is 37.4 Å². The molecule has 2 fully saturated rings. The first kappa shape index (κ1) is 32.7. The third-order valence-electron chi connectivity index (χ3n) is 7.88. The van der Waals surface area contributed by atoms with Crippen molar-refractivity contribution in [1.82, 2.24) is 9.80 Å². The summed E-state index contributed by atoms with van der Waals surface area (Å²) in [4.78, 5) is 18.2. The molecule has 2 saturated carbocycles. The van der Waals surface area contributed by atoms with Crippen LogP contribution in [0, 0.1) is 0 Å². The fourth-order valence-electron chi connectivity index (χ4n) is 5.65. The van der Waals surface area contributed by atoms with Gasteiger partial charge in [-0.2, -0.15) is 0 Å². The Morgan fingerprint density at radius 1 is 0.952 bits per heavy atom. The zero-order valence-electron chi connectivity index (χ0n) is 26.0. The van der Waals surface area contributed by atoms with Crippen LogP contribution in [0.4, 0.5) is 0 Å². The monoisotopic (exact) mass is 566 g/mol. The van der Waals surface area contributed by atoms with Gasteiger partial charge in [0.15, 0.2) is 0 Å². The Morgan fingerprint density at radius 2 is 1.64 bits per heavy atom. The number of carbonyl (C=O) groups excluding carboxylic acids is 1. The average molecular weight is 567 g/mol. The Balaban J connectivity index is 0.000000910. The number of amides is 1. The number of nitrogens with zero attached hydrogens (tertiary/aromatic N) is 2. The Kier molecular flexibility index (Phi) is 13.4. The molecule has 0 radical (unpaired) electrons. The van der Waals surface area contributed by atoms with Crippen molar-refractivity contribution < 1.29 is 9.90 Å². The summed E-state index contributed by atoms with van der Waals surface area (Å²) in [6.45, 7) is 12.2. The molecule has 42 heavy (non-hydrogen) atoms. The number of aryl methyl sites for hydroxylation is 1. The Morgan fingerprint density at radius 3 is 2.26 bits per heavy atom. The molecule has 4 heteroatoms. The van der Waals surface area contributed by atoms with Gasteiger partial charge in [-0.3, -0.25) is 4.79 Å². The highest BCUT2D eigenvalue weighted by Crippen LogP contribution is 2.38. The summed E-state index contributed by atoms with van der Waals surface area (Å²) in [5.41, 5.74) is 7.35. The maximum Gasteiger partial charge on any atom is 0.254 e. The number of hydrogen-bond acceptors (Lipinski definition) is 3. The van der Waals surface area contributed by atoms with Crippen molar-refractivity contribution in [2.24, 2.45) is 0 Å². The van der Waals surface area contributed by atoms with Crippen LogP contribution >= 0.6 is 0 Å². The second-order valence-corrected chi connectivity index (χ2v) is 11.1. The van der Waals surface area contributed by atoms with E-state index in [9.17, 15) is 4.79 Å². The Hall–Kier alpha value is -3.79. The molecular weight excluding hydrogens is 516 g/mol. The molecule has 0 heterocycles. The van der Waals surface area contributed by atoms with Crippen molar-refractivity contribution in [3.8, 4) is 0 Å². The van der Waals surface area contributed by atoms with E-state index in [1.807, 2.05) is 26.0 Å². The zero-order chi connectivity index (χ0) is 30.3. The topological polar surface area (TPSA) is 43.8 Å². The first-order chi connectivity index (χ1) is 20.5. The average Bonchev–Trinajstić information content (AvgIpc) is 3.86. The predicted molar refractivity (Wildman–Crippen MR) is 177 cm³/mol. The number of rotatable bonds is 9. The van der Waals surface area contributed by atoms with E-state index in [2.05, 4.69) is 96.9 Å². The van der Waals surface area contributed by atoms with Gasteiger partial charge in [0.1, 0.15) is 0 Å². The van der Waals surface area contributed by atoms with Crippen LogP contribution in [0.5, 0.6) is 0 Å². The van der Waals surface area contributed by atoms with Crippen molar-refractivity contribution in [1.29, 1.82) is 0 Å². The summed E-state index contributed by atoms with van der Waals surface area (Å²) >= 11 is 0. The lowest BCUT2D eigenvalue weighted by Crippen LogP contribution is -2.43. The Bertz CT molecular complexity index is 1240. The van der Waals surface area contributed by atoms with Crippen molar-refractivity contribution in [3.05, 3.63) is 132 Å². The number of carbonyl (C=O) groups is 1. The number of aliphatic hydroxyl groups excluding tert-OH is 1. The van der Waals surface area contributed by atoms with Crippen molar-refractivity contribution in [3.63, 3.8) is 0 Å². The lowest BCUT2D eigenvalue weighted by atomic mass is 9.86. The van der Waals surface area contributed by atoms with E-state index >= 15 is 0 Å². The molecule has 0 saturated heterocycles. The molecule has 224 valence electrons. The minimum atomic E-state index is 0.196. The molecule has 2 aromatic rings. The molecule has 1 unspecified atom stereocenters. The van der Waals surface area contributed by atoms with Gasteiger partial charge in [-0.15, -0.1) is 0 Å². The molecule has 1 N–H and O–H groups in total. The minimum absolute atomic E-state index is 0.196. The number of allylic oxidation sites excluding steroid dienone is 5. The first-order valence-electron chi connectivity index (χ1n) is 15.6. The highest BCUT2D eigenvalue weighted by atomic mass is 16.2. The van der Waals surface area contributed by atoms with E-state index in [0.29, 0.717) is 6.04 Å². The Labute approximate surface area is 254 Å². The summed E-state index contributed by atoms with van der Waals surface area (Å²) in [6, 6.07) is 19.6. The number of aliphatic hydroxyl groups is 1. The smallest absolute Gasteiger partial charge is 0.254 e. The van der Waals surface area contributed by atoms with Gasteiger partial charge in [-0.1, -0.05) is 98.8 Å². The van der Waals surface area contributed by atoms with Crippen LogP contribution in [0.15, 0.2) is 115 Å². The van der Waals surface area contributed by atoms with E-state index < -0.39 is 0 Å². The highest BCUT2D eigenvalue weighted by Gasteiger charge is 2.39. The van der Waals surface area contributed by atoms with E-state index in [1.54, 1.807) is 0 Å². The molecule has 1 amide bonds. The fraction of sp³-hybridized carbons (Fsp3) is 0.395. The van der Waals surface area contributed by atoms with Gasteiger partial charge in [-0.05, 0) is 86.6 Å². The lowest BCUT2D eigenvalue weighted by molar-refractivity contribution is 0.0642. The number of benzene rings is 2. The quantitative estimate of drug-likeness (QED) is 0.308. The second-order valence-electron chi connectivity index (χ2n) is 11.1. The van der Waals surface area contributed by atoms with Gasteiger partial charge in [0.2, 0.25) is 0 Å². The van der Waals surface area contributed by atoms with E-state index in [0.717, 1.165) is 76.2 Å². The summed E-state index contributed by atoms with van der Waals surface area (Å²) in [6.07, 6.45) is 19.4. The summed E-state index contributed by atoms with van der Waals surface area (Å²) < 4.78 is 0. The molecule has 0 aromatic heterocycles. The SMILES string of the molecule is C=C1CCC(N(C(=O)c2ccc(CCC3=CCCC=C3)cc2)C2CC2)C/C1=C/N(C)Cc1ccccc1.C=CO.CC. The molecule has 0 spiro atoms. The standard InChI is InChI=1S/C34H40N2O.C2H4O.C2H6/c1-26-13-20-33(23-31(26)25-35(2)24-29-11-7-4-8-12-29)36(32-21-22-32)34(37)30-18-16-28(17-19-30)15-14-27-9-5-3-6-10-27;1-2-3;1-2/h4-5,7-12,16-19,25,32-33H,1,3,6,13-15,20-24H2,2H3;2-3H,1H2;1-2H3/b31-25-;;. The van der Waals surface area contributed by atoms with Crippen LogP contribution in [-0.2, 0) is 13.0 Å². The van der Waals surface area contributed by atoms with Crippen molar-refractivity contribution in [2.75, 3.05) is 7.05 Å². The van der Waals surface area contributed by atoms with Gasteiger partial charge >= 0.3 is 0 Å². The van der Waals surface area contributed by atoms with Gasteiger partial charge in [-0.25, -0.2) is 0 Å². The van der Waals surface area contributed by atoms with Crippen LogP contribution < -0.4 is 0 Å². The number of hydrogen-bond donors (Lipinski definition) is 1. The van der Waals surface area contributed by atoms with Crippen LogP contribution in [-0.4, -0.2) is 39.9 Å². The maximum absolute atomic E-state index is 13.7. The fourth-order valence-corrected chi connectivity index (χ4v) is 5.65. The largest absolute Gasteiger partial charge is 0.516 e. The molecule has 3 aliphatic carbocycles. The molecule has 4 nitrogen and oxygen atoms in total. The molecule has 0 aliphatic heterocycles. The van der Waals surface area contributed by atoms with Crippen molar-refractivity contribution in [2.45, 2.75) is 90.3 Å². The van der Waals surface area contributed by atoms with E-state index in [-0.39, 0.29) is 11.9 Å². The summed E-state index contributed by atoms with van der Waals surface area (Å²) in [7, 11) is 2.13. The second kappa shape index (κ2) is 17.2. The third kappa shape index (κ3) is 9.94. The van der Waals surface area contributed by atoms with Crippen LogP contribution in [0.25, 0.3) is 0 Å². The molecule has 3 aliphatic rings. The highest BCUT2D eigenvalue weighted by molar-refractivity contribution is 5.95. The van der Waals surface area contributed by atoms with Crippen LogP contribution in [0.2, 0.25) is 0 Å². The molecule has 0 bridgehead atoms. The van der Waals surface area contributed by atoms with E-state index in [1.165, 1.54) is 27.8 Å².